The zero-order valence-electron chi connectivity index (χ0n) is 18.8. The highest BCUT2D eigenvalue weighted by molar-refractivity contribution is 5.80. The lowest BCUT2D eigenvalue weighted by atomic mass is 10.1. The maximum Gasteiger partial charge on any atom is 0.322 e. The van der Waals surface area contributed by atoms with Crippen LogP contribution in [0.5, 0.6) is 0 Å². The van der Waals surface area contributed by atoms with E-state index in [1.807, 2.05) is 55.5 Å². The second kappa shape index (κ2) is 11.3. The minimum absolute atomic E-state index is 0.0471. The summed E-state index contributed by atoms with van der Waals surface area (Å²) in [7, 11) is 1.34. The van der Waals surface area contributed by atoms with Gasteiger partial charge in [0, 0.05) is 6.54 Å². The number of carbonyl (C=O) groups is 2. The minimum Gasteiger partial charge on any atom is -0.468 e. The molecular formula is C25H30N2O5. The van der Waals surface area contributed by atoms with Gasteiger partial charge in [-0.2, -0.15) is 0 Å². The Hall–Kier alpha value is -3.32. The molecule has 2 heterocycles. The molecule has 0 aliphatic rings. The van der Waals surface area contributed by atoms with Crippen molar-refractivity contribution < 1.29 is 23.2 Å². The molecule has 0 aliphatic carbocycles. The number of aryl methyl sites for hydroxylation is 1. The van der Waals surface area contributed by atoms with Crippen molar-refractivity contribution in [1.29, 1.82) is 0 Å². The lowest BCUT2D eigenvalue weighted by molar-refractivity contribution is -0.148. The van der Waals surface area contributed by atoms with Crippen LogP contribution >= 0.6 is 0 Å². The maximum absolute atomic E-state index is 13.4. The number of amides is 1. The van der Waals surface area contributed by atoms with Gasteiger partial charge in [0.15, 0.2) is 0 Å². The van der Waals surface area contributed by atoms with Crippen LogP contribution < -0.4 is 0 Å². The van der Waals surface area contributed by atoms with Gasteiger partial charge in [0.2, 0.25) is 5.91 Å². The Morgan fingerprint density at radius 3 is 2.41 bits per heavy atom. The molecule has 7 heteroatoms. The standard InChI is InChI=1S/C25H30N2O5/c1-19-11-12-23(32-19)17-26(14-13-21-8-5-4-6-9-21)24(28)18-27(20(2)25(29)30-3)16-22-10-7-15-31-22/h4-12,15,20H,13-14,16-18H2,1-3H3/t20-/m1/s1. The Kier molecular flexibility index (Phi) is 8.27. The third kappa shape index (κ3) is 6.59. The number of hydrogen-bond donors (Lipinski definition) is 0. The number of rotatable bonds is 11. The van der Waals surface area contributed by atoms with Crippen LogP contribution in [0.25, 0.3) is 0 Å². The van der Waals surface area contributed by atoms with Gasteiger partial charge < -0.3 is 18.5 Å². The van der Waals surface area contributed by atoms with Gasteiger partial charge in [-0.1, -0.05) is 30.3 Å². The van der Waals surface area contributed by atoms with Crippen LogP contribution in [-0.2, 0) is 33.8 Å². The topological polar surface area (TPSA) is 76.1 Å². The number of hydrogen-bond acceptors (Lipinski definition) is 6. The van der Waals surface area contributed by atoms with Gasteiger partial charge in [0.1, 0.15) is 23.3 Å². The first-order valence-electron chi connectivity index (χ1n) is 10.7. The number of carbonyl (C=O) groups excluding carboxylic acids is 2. The van der Waals surface area contributed by atoms with Crippen molar-refractivity contribution in [1.82, 2.24) is 9.80 Å². The maximum atomic E-state index is 13.4. The molecule has 1 atom stereocenters. The summed E-state index contributed by atoms with van der Waals surface area (Å²) in [6, 6.07) is 16.8. The quantitative estimate of drug-likeness (QED) is 0.424. The third-order valence-electron chi connectivity index (χ3n) is 5.38. The molecule has 1 aromatic carbocycles. The van der Waals surface area contributed by atoms with Crippen LogP contribution in [0, 0.1) is 6.92 Å². The predicted molar refractivity (Wildman–Crippen MR) is 120 cm³/mol. The van der Waals surface area contributed by atoms with Crippen molar-refractivity contribution in [2.45, 2.75) is 39.4 Å². The van der Waals surface area contributed by atoms with Crippen molar-refractivity contribution >= 4 is 11.9 Å². The van der Waals surface area contributed by atoms with Crippen LogP contribution in [0.4, 0.5) is 0 Å². The van der Waals surface area contributed by atoms with E-state index in [1.165, 1.54) is 7.11 Å². The van der Waals surface area contributed by atoms with Crippen LogP contribution in [0.15, 0.2) is 69.7 Å². The molecule has 0 fully saturated rings. The molecule has 0 saturated carbocycles. The molecule has 0 N–H and O–H groups in total. The van der Waals surface area contributed by atoms with Crippen molar-refractivity contribution in [3.63, 3.8) is 0 Å². The number of furan rings is 2. The highest BCUT2D eigenvalue weighted by atomic mass is 16.5. The molecule has 7 nitrogen and oxygen atoms in total. The first-order valence-corrected chi connectivity index (χ1v) is 10.7. The normalized spacial score (nSPS) is 12.0. The number of nitrogens with zero attached hydrogens (tertiary/aromatic N) is 2. The third-order valence-corrected chi connectivity index (χ3v) is 5.38. The SMILES string of the molecule is COC(=O)[C@@H](C)N(CC(=O)N(CCc1ccccc1)Cc1ccc(C)o1)Cc1ccco1. The molecule has 0 saturated heterocycles. The van der Waals surface area contributed by atoms with Gasteiger partial charge in [-0.25, -0.2) is 0 Å². The lowest BCUT2D eigenvalue weighted by Gasteiger charge is -2.29. The van der Waals surface area contributed by atoms with E-state index in [9.17, 15) is 9.59 Å². The molecule has 0 bridgehead atoms. The van der Waals surface area contributed by atoms with Crippen molar-refractivity contribution in [3.05, 3.63) is 83.7 Å². The van der Waals surface area contributed by atoms with E-state index in [-0.39, 0.29) is 12.5 Å². The molecule has 32 heavy (non-hydrogen) atoms. The van der Waals surface area contributed by atoms with E-state index in [4.69, 9.17) is 13.6 Å². The largest absolute Gasteiger partial charge is 0.468 e. The van der Waals surface area contributed by atoms with E-state index in [0.29, 0.717) is 25.4 Å². The average Bonchev–Trinajstić information content (AvgIpc) is 3.47. The fourth-order valence-corrected chi connectivity index (χ4v) is 3.48. The smallest absolute Gasteiger partial charge is 0.322 e. The number of methoxy groups -OCH3 is 1. The van der Waals surface area contributed by atoms with Gasteiger partial charge in [-0.05, 0) is 50.1 Å². The second-order valence-electron chi connectivity index (χ2n) is 7.75. The van der Waals surface area contributed by atoms with E-state index in [2.05, 4.69) is 0 Å². The molecule has 1 amide bonds. The fourth-order valence-electron chi connectivity index (χ4n) is 3.48. The van der Waals surface area contributed by atoms with E-state index >= 15 is 0 Å². The first-order chi connectivity index (χ1) is 15.5. The van der Waals surface area contributed by atoms with Crippen molar-refractivity contribution in [3.8, 4) is 0 Å². The summed E-state index contributed by atoms with van der Waals surface area (Å²) >= 11 is 0. The van der Waals surface area contributed by atoms with E-state index in [1.54, 1.807) is 29.1 Å². The summed E-state index contributed by atoms with van der Waals surface area (Å²) in [6.45, 7) is 4.87. The molecule has 3 rings (SSSR count). The van der Waals surface area contributed by atoms with Gasteiger partial charge in [0.25, 0.3) is 0 Å². The molecule has 0 unspecified atom stereocenters. The number of benzene rings is 1. The number of esters is 1. The molecular weight excluding hydrogens is 408 g/mol. The van der Waals surface area contributed by atoms with Crippen LogP contribution in [0.2, 0.25) is 0 Å². The second-order valence-corrected chi connectivity index (χ2v) is 7.75. The molecule has 3 aromatic rings. The monoisotopic (exact) mass is 438 g/mol. The Labute approximate surface area is 188 Å². The van der Waals surface area contributed by atoms with Gasteiger partial charge in [-0.3, -0.25) is 14.5 Å². The summed E-state index contributed by atoms with van der Waals surface area (Å²) < 4.78 is 16.1. The van der Waals surface area contributed by atoms with Gasteiger partial charge in [-0.15, -0.1) is 0 Å². The first kappa shape index (κ1) is 23.3. The highest BCUT2D eigenvalue weighted by Crippen LogP contribution is 2.14. The average molecular weight is 439 g/mol. The molecule has 2 aromatic heterocycles. The van der Waals surface area contributed by atoms with Crippen molar-refractivity contribution in [2.24, 2.45) is 0 Å². The van der Waals surface area contributed by atoms with E-state index in [0.717, 1.165) is 23.5 Å². The molecule has 0 aliphatic heterocycles. The summed E-state index contributed by atoms with van der Waals surface area (Å²) in [5.74, 6) is 1.70. The summed E-state index contributed by atoms with van der Waals surface area (Å²) in [6.07, 6.45) is 2.29. The Balaban J connectivity index is 1.75. The highest BCUT2D eigenvalue weighted by Gasteiger charge is 2.27. The van der Waals surface area contributed by atoms with Crippen LogP contribution in [-0.4, -0.2) is 47.9 Å². The summed E-state index contributed by atoms with van der Waals surface area (Å²) in [5, 5.41) is 0. The number of ether oxygens (including phenoxy) is 1. The zero-order valence-corrected chi connectivity index (χ0v) is 18.8. The fraction of sp³-hybridized carbons (Fsp3) is 0.360. The summed E-state index contributed by atoms with van der Waals surface area (Å²) in [5.41, 5.74) is 1.15. The zero-order chi connectivity index (χ0) is 22.9. The molecule has 0 radical (unpaired) electrons. The summed E-state index contributed by atoms with van der Waals surface area (Å²) in [4.78, 5) is 29.1. The van der Waals surface area contributed by atoms with Gasteiger partial charge >= 0.3 is 5.97 Å². The Bertz CT molecular complexity index is 981. The molecule has 0 spiro atoms. The molecule has 170 valence electrons. The Morgan fingerprint density at radius 1 is 1.00 bits per heavy atom. The van der Waals surface area contributed by atoms with Gasteiger partial charge in [0.05, 0.1) is 33.0 Å². The lowest BCUT2D eigenvalue weighted by Crippen LogP contribution is -2.46. The van der Waals surface area contributed by atoms with Crippen molar-refractivity contribution in [2.75, 3.05) is 20.2 Å². The predicted octanol–water partition coefficient (Wildman–Crippen LogP) is 3.82. The van der Waals surface area contributed by atoms with Crippen LogP contribution in [0.1, 0.15) is 29.8 Å². The van der Waals surface area contributed by atoms with E-state index < -0.39 is 12.0 Å². The Morgan fingerprint density at radius 2 is 1.78 bits per heavy atom. The van der Waals surface area contributed by atoms with Crippen LogP contribution in [0.3, 0.4) is 0 Å². The minimum atomic E-state index is -0.601.